The van der Waals surface area contributed by atoms with Gasteiger partial charge in [-0.1, -0.05) is 27.2 Å². The number of piperidine rings is 1. The number of piperazine rings is 1. The number of carbonyl (C=O) groups is 2. The second kappa shape index (κ2) is 13.6. The zero-order chi connectivity index (χ0) is 27.8. The van der Waals surface area contributed by atoms with Gasteiger partial charge in [-0.25, -0.2) is 13.5 Å². The second-order valence-electron chi connectivity index (χ2n) is 11.0. The molecule has 1 aromatic carbocycles. The fourth-order valence-corrected chi connectivity index (χ4v) is 5.69. The summed E-state index contributed by atoms with van der Waals surface area (Å²) in [6, 6.07) is 2.52. The van der Waals surface area contributed by atoms with E-state index in [1.807, 2.05) is 34.6 Å². The Balaban J connectivity index is 0.00000280. The van der Waals surface area contributed by atoms with E-state index in [2.05, 4.69) is 15.3 Å². The van der Waals surface area contributed by atoms with Crippen molar-refractivity contribution in [3.63, 3.8) is 0 Å². The third-order valence-corrected chi connectivity index (χ3v) is 8.16. The number of nitrogens with zero attached hydrogens (tertiary/aromatic N) is 4. The first-order valence-corrected chi connectivity index (χ1v) is 13.5. The Kier molecular flexibility index (Phi) is 11.5. The van der Waals surface area contributed by atoms with Gasteiger partial charge in [0, 0.05) is 43.5 Å². The van der Waals surface area contributed by atoms with E-state index in [9.17, 15) is 23.5 Å². The van der Waals surface area contributed by atoms with Crippen LogP contribution in [0.25, 0.3) is 5.69 Å². The highest BCUT2D eigenvalue weighted by molar-refractivity contribution is 6.00. The molecule has 2 atom stereocenters. The Morgan fingerprint density at radius 3 is 2.38 bits per heavy atom. The Morgan fingerprint density at radius 1 is 1.15 bits per heavy atom. The van der Waals surface area contributed by atoms with Gasteiger partial charge in [0.1, 0.15) is 23.1 Å². The number of carbonyl (C=O) groups excluding carboxylic acids is 2. The number of hydrogen-bond donors (Lipinski definition) is 2. The highest BCUT2D eigenvalue weighted by Gasteiger charge is 2.54. The molecule has 0 unspecified atom stereocenters. The number of halogens is 4. The number of aliphatic hydroxyl groups is 1. The van der Waals surface area contributed by atoms with Gasteiger partial charge in [-0.05, 0) is 51.2 Å². The van der Waals surface area contributed by atoms with Gasteiger partial charge in [0.05, 0.1) is 11.8 Å². The predicted molar refractivity (Wildman–Crippen MR) is 154 cm³/mol. The Hall–Kier alpha value is -2.27. The van der Waals surface area contributed by atoms with Crippen molar-refractivity contribution in [1.82, 2.24) is 24.9 Å². The summed E-state index contributed by atoms with van der Waals surface area (Å²) in [5.41, 5.74) is 1.75. The number of amides is 2. The van der Waals surface area contributed by atoms with Crippen molar-refractivity contribution >= 4 is 36.6 Å². The van der Waals surface area contributed by atoms with Crippen LogP contribution in [0.15, 0.2) is 18.2 Å². The molecule has 0 radical (unpaired) electrons. The molecule has 2 amide bonds. The maximum absolute atomic E-state index is 14.4. The van der Waals surface area contributed by atoms with Crippen molar-refractivity contribution in [3.05, 3.63) is 46.8 Å². The zero-order valence-electron chi connectivity index (χ0n) is 23.7. The number of unbranched alkanes of at least 4 members (excludes halogenated alkanes) is 1. The third-order valence-electron chi connectivity index (χ3n) is 8.16. The summed E-state index contributed by atoms with van der Waals surface area (Å²) < 4.78 is 29.4. The summed E-state index contributed by atoms with van der Waals surface area (Å²) in [4.78, 5) is 31.0. The van der Waals surface area contributed by atoms with Crippen molar-refractivity contribution in [2.24, 2.45) is 5.92 Å². The molecular formula is C28H41Cl2F2N5O3. The number of aryl methyl sites for hydroxylation is 1. The van der Waals surface area contributed by atoms with Gasteiger partial charge in [-0.3, -0.25) is 14.5 Å². The maximum Gasteiger partial charge on any atom is 0.248 e. The molecule has 0 bridgehead atoms. The molecule has 40 heavy (non-hydrogen) atoms. The van der Waals surface area contributed by atoms with Gasteiger partial charge in [0.25, 0.3) is 0 Å². The summed E-state index contributed by atoms with van der Waals surface area (Å²) in [5.74, 6) is -1.88. The average Bonchev–Trinajstić information content (AvgIpc) is 3.15. The largest absolute Gasteiger partial charge is 0.390 e. The molecule has 1 aromatic heterocycles. The van der Waals surface area contributed by atoms with Crippen molar-refractivity contribution < 1.29 is 23.5 Å². The average molecular weight is 605 g/mol. The molecule has 2 aromatic rings. The quantitative estimate of drug-likeness (QED) is 0.474. The first-order chi connectivity index (χ1) is 18.0. The fraction of sp³-hybridized carbons (Fsp3) is 0.607. The van der Waals surface area contributed by atoms with Crippen molar-refractivity contribution in [1.29, 1.82) is 0 Å². The monoisotopic (exact) mass is 603 g/mol. The molecule has 0 saturated carbocycles. The smallest absolute Gasteiger partial charge is 0.248 e. The van der Waals surface area contributed by atoms with E-state index in [1.54, 1.807) is 4.90 Å². The van der Waals surface area contributed by atoms with Gasteiger partial charge >= 0.3 is 0 Å². The van der Waals surface area contributed by atoms with E-state index in [-0.39, 0.29) is 48.2 Å². The minimum atomic E-state index is -0.943. The summed E-state index contributed by atoms with van der Waals surface area (Å²) in [6.07, 6.45) is 1.70. The van der Waals surface area contributed by atoms with Crippen LogP contribution in [-0.2, 0) is 16.1 Å². The van der Waals surface area contributed by atoms with E-state index in [0.29, 0.717) is 39.0 Å². The summed E-state index contributed by atoms with van der Waals surface area (Å²) in [5, 5.41) is 18.0. The van der Waals surface area contributed by atoms with E-state index >= 15 is 0 Å². The van der Waals surface area contributed by atoms with Crippen molar-refractivity contribution in [3.8, 4) is 5.69 Å². The van der Waals surface area contributed by atoms with Gasteiger partial charge in [0.15, 0.2) is 5.82 Å². The summed E-state index contributed by atoms with van der Waals surface area (Å²) >= 11 is 0. The molecule has 2 aliphatic heterocycles. The lowest BCUT2D eigenvalue weighted by molar-refractivity contribution is -0.165. The second-order valence-corrected chi connectivity index (χ2v) is 11.0. The molecule has 12 heteroatoms. The molecule has 2 aliphatic rings. The molecule has 2 saturated heterocycles. The van der Waals surface area contributed by atoms with Crippen LogP contribution in [-0.4, -0.2) is 73.8 Å². The molecule has 224 valence electrons. The lowest BCUT2D eigenvalue weighted by atomic mass is 9.80. The number of rotatable bonds is 8. The Morgan fingerprint density at radius 2 is 1.80 bits per heavy atom. The molecular weight excluding hydrogens is 563 g/mol. The topological polar surface area (TPSA) is 90.7 Å². The summed E-state index contributed by atoms with van der Waals surface area (Å²) in [7, 11) is 0. The van der Waals surface area contributed by atoms with E-state index in [1.165, 1.54) is 16.8 Å². The highest BCUT2D eigenvalue weighted by Crippen LogP contribution is 2.35. The van der Waals surface area contributed by atoms with Gasteiger partial charge in [0.2, 0.25) is 11.8 Å². The number of nitrogens with one attached hydrogen (secondary N) is 1. The predicted octanol–water partition coefficient (Wildman–Crippen LogP) is 4.09. The van der Waals surface area contributed by atoms with Crippen LogP contribution < -0.4 is 5.32 Å². The molecule has 0 aliphatic carbocycles. The molecule has 1 spiro atoms. The van der Waals surface area contributed by atoms with Crippen LogP contribution in [0, 0.1) is 31.4 Å². The standard InChI is InChI=1S/C28H39F2N5O3.2ClH/c1-6-7-12-34-26(37)24(25(36)17(2)3)31-27(38)28(34)10-13-33(14-11-28)16-21-18(4)32-35(19(21)5)23-9-8-20(29)15-22(23)30;;/h8-9,15,17,24-25,36H,6-7,10-14,16H2,1-5H3,(H,31,38);2*1H/t24-,25-;;/m1../s1. The number of hydrogen-bond acceptors (Lipinski definition) is 5. The normalized spacial score (nSPS) is 19.8. The fourth-order valence-electron chi connectivity index (χ4n) is 5.69. The van der Waals surface area contributed by atoms with Gasteiger partial charge in [-0.2, -0.15) is 5.10 Å². The molecule has 4 rings (SSSR count). The minimum Gasteiger partial charge on any atom is -0.390 e. The van der Waals surface area contributed by atoms with Crippen LogP contribution in [0.1, 0.15) is 63.4 Å². The van der Waals surface area contributed by atoms with Crippen LogP contribution in [0.3, 0.4) is 0 Å². The van der Waals surface area contributed by atoms with Crippen LogP contribution >= 0.6 is 24.8 Å². The number of aromatic nitrogens is 2. The van der Waals surface area contributed by atoms with Crippen molar-refractivity contribution in [2.45, 2.75) is 84.5 Å². The number of likely N-dealkylation sites (tertiary alicyclic amines) is 1. The minimum absolute atomic E-state index is 0. The van der Waals surface area contributed by atoms with Crippen LogP contribution in [0.5, 0.6) is 0 Å². The van der Waals surface area contributed by atoms with E-state index in [0.717, 1.165) is 35.9 Å². The van der Waals surface area contributed by atoms with Gasteiger partial charge < -0.3 is 15.3 Å². The molecule has 2 fully saturated rings. The van der Waals surface area contributed by atoms with Gasteiger partial charge in [-0.15, -0.1) is 24.8 Å². The van der Waals surface area contributed by atoms with Crippen LogP contribution in [0.4, 0.5) is 8.78 Å². The molecule has 8 nitrogen and oxygen atoms in total. The SMILES string of the molecule is CCCCN1C(=O)[C@@H]([C@H](O)C(C)C)NC(=O)C12CCN(Cc1c(C)nn(-c3ccc(F)cc3F)c1C)CC2.Cl.Cl. The van der Waals surface area contributed by atoms with Crippen molar-refractivity contribution in [2.75, 3.05) is 19.6 Å². The van der Waals surface area contributed by atoms with E-state index < -0.39 is 29.3 Å². The molecule has 3 heterocycles. The Bertz CT molecular complexity index is 1200. The Labute approximate surface area is 247 Å². The highest BCUT2D eigenvalue weighted by atomic mass is 35.5. The summed E-state index contributed by atoms with van der Waals surface area (Å²) in [6.45, 7) is 11.7. The zero-order valence-corrected chi connectivity index (χ0v) is 25.4. The lowest BCUT2D eigenvalue weighted by Crippen LogP contribution is -2.74. The lowest BCUT2D eigenvalue weighted by Gasteiger charge is -2.52. The first kappa shape index (κ1) is 33.9. The first-order valence-electron chi connectivity index (χ1n) is 13.5. The van der Waals surface area contributed by atoms with Crippen LogP contribution in [0.2, 0.25) is 0 Å². The maximum atomic E-state index is 14.4. The van der Waals surface area contributed by atoms with E-state index in [4.69, 9.17) is 0 Å². The third kappa shape index (κ3) is 6.30. The number of benzene rings is 1. The number of aliphatic hydroxyl groups excluding tert-OH is 1. The molecule has 2 N–H and O–H groups in total.